The highest BCUT2D eigenvalue weighted by molar-refractivity contribution is 7.91. The van der Waals surface area contributed by atoms with Gasteiger partial charge in [0.2, 0.25) is 0 Å². The number of hydrogen-bond acceptors (Lipinski definition) is 6. The van der Waals surface area contributed by atoms with Crippen LogP contribution < -0.4 is 0 Å². The fourth-order valence-corrected chi connectivity index (χ4v) is 7.50. The Bertz CT molecular complexity index is 1180. The summed E-state index contributed by atoms with van der Waals surface area (Å²) in [5.74, 6) is 0.00617. The molecule has 11 heteroatoms. The number of nitrogens with zero attached hydrogens (tertiary/aromatic N) is 4. The Labute approximate surface area is 203 Å². The third-order valence-electron chi connectivity index (χ3n) is 6.60. The lowest BCUT2D eigenvalue weighted by molar-refractivity contribution is 0.0297. The van der Waals surface area contributed by atoms with Crippen LogP contribution in [0.1, 0.15) is 34.9 Å². The van der Waals surface area contributed by atoms with Crippen molar-refractivity contribution in [3.8, 4) is 11.3 Å². The number of fused-ring (bicyclic) bond motifs is 3. The summed E-state index contributed by atoms with van der Waals surface area (Å²) in [7, 11) is -3.72. The monoisotopic (exact) mass is 512 g/mol. The van der Waals surface area contributed by atoms with E-state index in [9.17, 15) is 13.2 Å². The van der Waals surface area contributed by atoms with Gasteiger partial charge in [-0.25, -0.2) is 8.42 Å². The number of likely N-dealkylation sites (tertiary alicyclic amines) is 1. The van der Waals surface area contributed by atoms with Crippen molar-refractivity contribution < 1.29 is 17.9 Å². The second kappa shape index (κ2) is 9.19. The quantitative estimate of drug-likeness (QED) is 0.585. The van der Waals surface area contributed by atoms with Crippen molar-refractivity contribution in [3.63, 3.8) is 0 Å². The van der Waals surface area contributed by atoms with Crippen LogP contribution >= 0.6 is 23.2 Å². The fourth-order valence-electron chi connectivity index (χ4n) is 5.07. The van der Waals surface area contributed by atoms with Crippen LogP contribution in [-0.2, 0) is 20.3 Å². The number of rotatable bonds is 4. The first-order valence-electron chi connectivity index (χ1n) is 11.2. The Morgan fingerprint density at radius 2 is 2.00 bits per heavy atom. The first-order valence-corrected chi connectivity index (χ1v) is 13.8. The molecular weight excluding hydrogens is 487 g/mol. The molecule has 33 heavy (non-hydrogen) atoms. The molecule has 1 aromatic carbocycles. The average molecular weight is 513 g/mol. The SMILES string of the molecule is O=C(c1nn([C@H]2CCCN(CCCl)C2)c2c1CS(=O)(=O)c1c(Cl)cccc1-2)N1CCOCC1. The van der Waals surface area contributed by atoms with Crippen LogP contribution in [0, 0.1) is 0 Å². The summed E-state index contributed by atoms with van der Waals surface area (Å²) >= 11 is 12.4. The van der Waals surface area contributed by atoms with Crippen molar-refractivity contribution in [1.29, 1.82) is 0 Å². The van der Waals surface area contributed by atoms with Gasteiger partial charge < -0.3 is 14.5 Å². The van der Waals surface area contributed by atoms with Crippen LogP contribution in [0.25, 0.3) is 11.3 Å². The molecule has 178 valence electrons. The van der Waals surface area contributed by atoms with Crippen molar-refractivity contribution in [2.24, 2.45) is 0 Å². The molecule has 0 unspecified atom stereocenters. The van der Waals surface area contributed by atoms with Gasteiger partial charge in [-0.1, -0.05) is 23.7 Å². The number of halogens is 2. The number of morpholine rings is 1. The van der Waals surface area contributed by atoms with E-state index >= 15 is 0 Å². The summed E-state index contributed by atoms with van der Waals surface area (Å²) in [6.45, 7) is 4.32. The minimum absolute atomic E-state index is 0.00888. The predicted molar refractivity (Wildman–Crippen MR) is 126 cm³/mol. The van der Waals surface area contributed by atoms with E-state index in [1.54, 1.807) is 23.1 Å². The molecule has 1 amide bonds. The van der Waals surface area contributed by atoms with Crippen molar-refractivity contribution in [2.45, 2.75) is 29.5 Å². The summed E-state index contributed by atoms with van der Waals surface area (Å²) < 4.78 is 33.7. The van der Waals surface area contributed by atoms with Crippen LogP contribution in [0.5, 0.6) is 0 Å². The number of sulfone groups is 1. The van der Waals surface area contributed by atoms with Gasteiger partial charge >= 0.3 is 0 Å². The lowest BCUT2D eigenvalue weighted by atomic mass is 10.0. The highest BCUT2D eigenvalue weighted by Crippen LogP contribution is 2.44. The lowest BCUT2D eigenvalue weighted by Crippen LogP contribution is -2.41. The minimum Gasteiger partial charge on any atom is -0.378 e. The van der Waals surface area contributed by atoms with E-state index < -0.39 is 9.84 Å². The van der Waals surface area contributed by atoms with Crippen LogP contribution in [0.4, 0.5) is 0 Å². The fraction of sp³-hybridized carbons (Fsp3) is 0.545. The Morgan fingerprint density at radius 1 is 1.21 bits per heavy atom. The molecule has 0 bridgehead atoms. The number of benzene rings is 1. The third kappa shape index (κ3) is 4.18. The average Bonchev–Trinajstić information content (AvgIpc) is 3.18. The molecule has 0 N–H and O–H groups in total. The zero-order valence-electron chi connectivity index (χ0n) is 18.2. The predicted octanol–water partition coefficient (Wildman–Crippen LogP) is 2.84. The normalized spacial score (nSPS) is 22.6. The molecule has 1 atom stereocenters. The molecule has 5 rings (SSSR count). The molecule has 2 aromatic rings. The molecule has 0 aliphatic carbocycles. The lowest BCUT2D eigenvalue weighted by Gasteiger charge is -2.33. The number of carbonyl (C=O) groups is 1. The van der Waals surface area contributed by atoms with Crippen LogP contribution in [0.3, 0.4) is 0 Å². The van der Waals surface area contributed by atoms with Gasteiger partial charge in [-0.2, -0.15) is 5.10 Å². The van der Waals surface area contributed by atoms with Gasteiger partial charge in [0, 0.05) is 43.2 Å². The summed E-state index contributed by atoms with van der Waals surface area (Å²) in [6, 6.07) is 5.10. The van der Waals surface area contributed by atoms with Crippen LogP contribution in [0.15, 0.2) is 23.1 Å². The largest absolute Gasteiger partial charge is 0.378 e. The molecule has 0 radical (unpaired) electrons. The molecule has 8 nitrogen and oxygen atoms in total. The summed E-state index contributed by atoms with van der Waals surface area (Å²) in [4.78, 5) is 17.6. The van der Waals surface area contributed by atoms with Gasteiger partial charge in [-0.15, -0.1) is 11.6 Å². The Kier molecular flexibility index (Phi) is 6.43. The van der Waals surface area contributed by atoms with E-state index in [4.69, 9.17) is 33.0 Å². The van der Waals surface area contributed by atoms with E-state index in [0.717, 1.165) is 32.5 Å². The van der Waals surface area contributed by atoms with Crippen molar-refractivity contribution in [3.05, 3.63) is 34.5 Å². The van der Waals surface area contributed by atoms with Crippen LogP contribution in [0.2, 0.25) is 5.02 Å². The molecule has 0 saturated carbocycles. The maximum atomic E-state index is 13.5. The molecule has 4 heterocycles. The Balaban J connectivity index is 1.66. The number of alkyl halides is 1. The molecular formula is C22H26Cl2N4O4S. The molecule has 0 spiro atoms. The number of carbonyl (C=O) groups excluding carboxylic acids is 1. The van der Waals surface area contributed by atoms with Crippen molar-refractivity contribution in [2.75, 3.05) is 51.8 Å². The molecule has 2 saturated heterocycles. The number of hydrogen-bond donors (Lipinski definition) is 0. The molecule has 3 aliphatic rings. The minimum atomic E-state index is -3.72. The first kappa shape index (κ1) is 23.1. The second-order valence-electron chi connectivity index (χ2n) is 8.69. The van der Waals surface area contributed by atoms with Crippen molar-refractivity contribution in [1.82, 2.24) is 19.6 Å². The molecule has 3 aliphatic heterocycles. The van der Waals surface area contributed by atoms with Gasteiger partial charge in [0.1, 0.15) is 0 Å². The van der Waals surface area contributed by atoms with Gasteiger partial charge in [0.25, 0.3) is 5.91 Å². The van der Waals surface area contributed by atoms with E-state index in [2.05, 4.69) is 4.90 Å². The maximum Gasteiger partial charge on any atom is 0.274 e. The second-order valence-corrected chi connectivity index (χ2v) is 11.4. The van der Waals surface area contributed by atoms with Crippen LogP contribution in [-0.4, -0.2) is 85.7 Å². The Hall–Kier alpha value is -1.65. The smallest absolute Gasteiger partial charge is 0.274 e. The zero-order chi connectivity index (χ0) is 23.2. The molecule has 1 aromatic heterocycles. The topological polar surface area (TPSA) is 84.7 Å². The number of aromatic nitrogens is 2. The van der Waals surface area contributed by atoms with E-state index in [0.29, 0.717) is 49.0 Å². The summed E-state index contributed by atoms with van der Waals surface area (Å²) in [5, 5.41) is 4.99. The maximum absolute atomic E-state index is 13.5. The number of piperidine rings is 1. The van der Waals surface area contributed by atoms with E-state index in [-0.39, 0.29) is 33.3 Å². The highest BCUT2D eigenvalue weighted by Gasteiger charge is 2.40. The van der Waals surface area contributed by atoms with Crippen molar-refractivity contribution >= 4 is 38.9 Å². The van der Waals surface area contributed by atoms with Gasteiger partial charge in [0.05, 0.1) is 40.6 Å². The van der Waals surface area contributed by atoms with Gasteiger partial charge in [-0.3, -0.25) is 9.48 Å². The summed E-state index contributed by atoms with van der Waals surface area (Å²) in [6.07, 6.45) is 1.87. The summed E-state index contributed by atoms with van der Waals surface area (Å²) in [5.41, 5.74) is 1.90. The number of amides is 1. The Morgan fingerprint density at radius 3 is 2.76 bits per heavy atom. The number of ether oxygens (including phenoxy) is 1. The first-order chi connectivity index (χ1) is 15.9. The standard InChI is InChI=1S/C22H26Cl2N4O4S/c23-6-8-26-7-2-3-15(13-26)28-20-16-4-1-5-18(24)21(16)33(30,31)14-17(20)19(25-28)22(29)27-9-11-32-12-10-27/h1,4-5,15H,2-3,6-14H2/t15-/m0/s1. The molecule has 2 fully saturated rings. The van der Waals surface area contributed by atoms with Gasteiger partial charge in [0.15, 0.2) is 15.5 Å². The third-order valence-corrected chi connectivity index (χ3v) is 8.93. The zero-order valence-corrected chi connectivity index (χ0v) is 20.5. The van der Waals surface area contributed by atoms with E-state index in [1.807, 2.05) is 4.68 Å². The van der Waals surface area contributed by atoms with Gasteiger partial charge in [-0.05, 0) is 25.5 Å². The van der Waals surface area contributed by atoms with E-state index in [1.165, 1.54) is 0 Å². The highest BCUT2D eigenvalue weighted by atomic mass is 35.5.